The molecule has 1 aromatic rings. The summed E-state index contributed by atoms with van der Waals surface area (Å²) in [6.45, 7) is 5.18. The lowest BCUT2D eigenvalue weighted by Gasteiger charge is -2.32. The lowest BCUT2D eigenvalue weighted by atomic mass is 10.3. The van der Waals surface area contributed by atoms with E-state index in [9.17, 15) is 12.8 Å². The van der Waals surface area contributed by atoms with Gasteiger partial charge in [0.25, 0.3) is 0 Å². The normalized spacial score (nSPS) is 20.6. The van der Waals surface area contributed by atoms with E-state index in [2.05, 4.69) is 9.62 Å². The van der Waals surface area contributed by atoms with Crippen molar-refractivity contribution in [1.82, 2.24) is 9.62 Å². The van der Waals surface area contributed by atoms with E-state index in [0.717, 1.165) is 25.2 Å². The number of anilines is 1. The first-order valence-electron chi connectivity index (χ1n) is 6.80. The van der Waals surface area contributed by atoms with Crippen molar-refractivity contribution < 1.29 is 17.5 Å². The van der Waals surface area contributed by atoms with Crippen LogP contribution in [0.5, 0.6) is 0 Å². The second-order valence-corrected chi connectivity index (χ2v) is 6.73. The van der Waals surface area contributed by atoms with Crippen molar-refractivity contribution in [3.05, 3.63) is 24.0 Å². The van der Waals surface area contributed by atoms with Crippen molar-refractivity contribution in [2.75, 3.05) is 38.5 Å². The summed E-state index contributed by atoms with van der Waals surface area (Å²) in [4.78, 5) is 2.01. The van der Waals surface area contributed by atoms with Crippen molar-refractivity contribution in [2.45, 2.75) is 17.9 Å². The van der Waals surface area contributed by atoms with Crippen LogP contribution >= 0.6 is 0 Å². The maximum Gasteiger partial charge on any atom is 0.240 e. The number of rotatable bonds is 5. The van der Waals surface area contributed by atoms with Crippen LogP contribution in [-0.4, -0.2) is 52.2 Å². The molecule has 6 nitrogen and oxygen atoms in total. The predicted octanol–water partition coefficient (Wildman–Crippen LogP) is 0.407. The van der Waals surface area contributed by atoms with Gasteiger partial charge >= 0.3 is 0 Å². The number of ether oxygens (including phenoxy) is 1. The number of nitrogen functional groups attached to an aromatic ring is 1. The van der Waals surface area contributed by atoms with Gasteiger partial charge in [0.05, 0.1) is 17.6 Å². The Labute approximate surface area is 124 Å². The number of sulfonamides is 1. The summed E-state index contributed by atoms with van der Waals surface area (Å²) in [5, 5.41) is 0. The maximum atomic E-state index is 13.2. The molecule has 0 aromatic heterocycles. The summed E-state index contributed by atoms with van der Waals surface area (Å²) in [5.41, 5.74) is 5.54. The molecule has 2 rings (SSSR count). The molecule has 1 atom stereocenters. The number of nitrogens with one attached hydrogen (secondary N) is 1. The minimum absolute atomic E-state index is 0.0708. The first kappa shape index (κ1) is 16.2. The number of likely N-dealkylation sites (N-methyl/N-ethyl adjacent to an activating group) is 1. The van der Waals surface area contributed by atoms with Crippen LogP contribution in [0, 0.1) is 5.82 Å². The second kappa shape index (κ2) is 6.69. The van der Waals surface area contributed by atoms with E-state index in [4.69, 9.17) is 10.5 Å². The zero-order valence-electron chi connectivity index (χ0n) is 11.9. The number of benzene rings is 1. The number of nitrogens with two attached hydrogens (primary N) is 1. The summed E-state index contributed by atoms with van der Waals surface area (Å²) < 4.78 is 45.5. The highest BCUT2D eigenvalue weighted by Gasteiger charge is 2.22. The highest BCUT2D eigenvalue weighted by Crippen LogP contribution is 2.16. The van der Waals surface area contributed by atoms with Crippen LogP contribution < -0.4 is 10.5 Å². The fourth-order valence-corrected chi connectivity index (χ4v) is 3.35. The minimum Gasteiger partial charge on any atom is -0.399 e. The van der Waals surface area contributed by atoms with Gasteiger partial charge in [0.15, 0.2) is 0 Å². The van der Waals surface area contributed by atoms with Crippen molar-refractivity contribution >= 4 is 15.7 Å². The van der Waals surface area contributed by atoms with Crippen LogP contribution in [0.15, 0.2) is 23.1 Å². The molecule has 1 aliphatic heterocycles. The molecule has 1 saturated heterocycles. The summed E-state index contributed by atoms with van der Waals surface area (Å²) in [6.07, 6.45) is -0.209. The van der Waals surface area contributed by atoms with Crippen LogP contribution in [-0.2, 0) is 14.8 Å². The van der Waals surface area contributed by atoms with Gasteiger partial charge in [0.1, 0.15) is 5.82 Å². The van der Waals surface area contributed by atoms with Crippen molar-refractivity contribution in [3.8, 4) is 0 Å². The Morgan fingerprint density at radius 1 is 1.48 bits per heavy atom. The largest absolute Gasteiger partial charge is 0.399 e. The van der Waals surface area contributed by atoms with Crippen LogP contribution in [0.2, 0.25) is 0 Å². The van der Waals surface area contributed by atoms with Crippen LogP contribution in [0.25, 0.3) is 0 Å². The van der Waals surface area contributed by atoms with Crippen molar-refractivity contribution in [2.24, 2.45) is 0 Å². The van der Waals surface area contributed by atoms with Gasteiger partial charge in [-0.3, -0.25) is 4.90 Å². The molecule has 3 N–H and O–H groups in total. The number of hydrogen-bond acceptors (Lipinski definition) is 5. The fraction of sp³-hybridized carbons (Fsp3) is 0.538. The molecule has 0 radical (unpaired) electrons. The number of nitrogens with zero attached hydrogens (tertiary/aromatic N) is 1. The van der Waals surface area contributed by atoms with Gasteiger partial charge in [-0.15, -0.1) is 0 Å². The summed E-state index contributed by atoms with van der Waals surface area (Å²) >= 11 is 0. The maximum absolute atomic E-state index is 13.2. The Kier molecular flexibility index (Phi) is 5.15. The first-order valence-corrected chi connectivity index (χ1v) is 8.28. The summed E-state index contributed by atoms with van der Waals surface area (Å²) in [7, 11) is -3.80. The van der Waals surface area contributed by atoms with Gasteiger partial charge in [0.2, 0.25) is 10.0 Å². The molecule has 0 aliphatic carbocycles. The van der Waals surface area contributed by atoms with E-state index in [-0.39, 0.29) is 23.2 Å². The topological polar surface area (TPSA) is 84.7 Å². The SMILES string of the molecule is CCN1CCOC(CNS(=O)(=O)c2cc(N)cc(F)c2)C1. The summed E-state index contributed by atoms with van der Waals surface area (Å²) in [6, 6.07) is 3.24. The van der Waals surface area contributed by atoms with Gasteiger partial charge in [-0.25, -0.2) is 17.5 Å². The van der Waals surface area contributed by atoms with E-state index in [1.807, 2.05) is 6.92 Å². The van der Waals surface area contributed by atoms with Gasteiger partial charge in [-0.2, -0.15) is 0 Å². The summed E-state index contributed by atoms with van der Waals surface area (Å²) in [5.74, 6) is -0.679. The lowest BCUT2D eigenvalue weighted by Crippen LogP contribution is -2.47. The Morgan fingerprint density at radius 3 is 2.90 bits per heavy atom. The van der Waals surface area contributed by atoms with Crippen LogP contribution in [0.4, 0.5) is 10.1 Å². The number of morpholine rings is 1. The van der Waals surface area contributed by atoms with Crippen LogP contribution in [0.1, 0.15) is 6.92 Å². The minimum atomic E-state index is -3.80. The fourth-order valence-electron chi connectivity index (χ4n) is 2.22. The highest BCUT2D eigenvalue weighted by molar-refractivity contribution is 7.89. The van der Waals surface area contributed by atoms with Gasteiger partial charge in [0, 0.05) is 25.3 Å². The third-order valence-electron chi connectivity index (χ3n) is 3.38. The Bertz CT molecular complexity index is 574. The molecule has 0 amide bonds. The quantitative estimate of drug-likeness (QED) is 0.768. The lowest BCUT2D eigenvalue weighted by molar-refractivity contribution is -0.0229. The molecule has 0 saturated carbocycles. The molecule has 21 heavy (non-hydrogen) atoms. The molecule has 1 aliphatic rings. The van der Waals surface area contributed by atoms with E-state index in [1.54, 1.807) is 0 Å². The molecule has 0 spiro atoms. The molecular formula is C13H20FN3O3S. The molecule has 118 valence electrons. The molecule has 8 heteroatoms. The molecule has 1 fully saturated rings. The Balaban J connectivity index is 2.01. The molecule has 1 unspecified atom stereocenters. The second-order valence-electron chi connectivity index (χ2n) is 4.96. The molecule has 1 heterocycles. The Morgan fingerprint density at radius 2 is 2.24 bits per heavy atom. The predicted molar refractivity (Wildman–Crippen MR) is 77.9 cm³/mol. The average Bonchev–Trinajstić information content (AvgIpc) is 2.44. The third-order valence-corrected chi connectivity index (χ3v) is 4.78. The Hall–Kier alpha value is -1.22. The van der Waals surface area contributed by atoms with Crippen LogP contribution in [0.3, 0.4) is 0 Å². The van der Waals surface area contributed by atoms with Gasteiger partial charge in [-0.05, 0) is 24.7 Å². The average molecular weight is 317 g/mol. The third kappa shape index (κ3) is 4.37. The monoisotopic (exact) mass is 317 g/mol. The number of halogens is 1. The standard InChI is InChI=1S/C13H20FN3O3S/c1-2-17-3-4-20-12(9-17)8-16-21(18,19)13-6-10(14)5-11(15)7-13/h5-7,12,16H,2-4,8-9,15H2,1H3. The molecule has 1 aromatic carbocycles. The van der Waals surface area contributed by atoms with Crippen molar-refractivity contribution in [3.63, 3.8) is 0 Å². The first-order chi connectivity index (χ1) is 9.90. The van der Waals surface area contributed by atoms with E-state index in [0.29, 0.717) is 13.2 Å². The van der Waals surface area contributed by atoms with E-state index >= 15 is 0 Å². The zero-order valence-corrected chi connectivity index (χ0v) is 12.7. The number of hydrogen-bond donors (Lipinski definition) is 2. The van der Waals surface area contributed by atoms with Crippen molar-refractivity contribution in [1.29, 1.82) is 0 Å². The van der Waals surface area contributed by atoms with Gasteiger partial charge < -0.3 is 10.5 Å². The molecule has 0 bridgehead atoms. The highest BCUT2D eigenvalue weighted by atomic mass is 32.2. The van der Waals surface area contributed by atoms with E-state index in [1.165, 1.54) is 6.07 Å². The smallest absolute Gasteiger partial charge is 0.240 e. The zero-order chi connectivity index (χ0) is 15.5. The van der Waals surface area contributed by atoms with Gasteiger partial charge in [-0.1, -0.05) is 6.92 Å². The van der Waals surface area contributed by atoms with E-state index < -0.39 is 15.8 Å². The molecular weight excluding hydrogens is 297 g/mol.